The smallest absolute Gasteiger partial charge is 0.311 e. The van der Waals surface area contributed by atoms with Gasteiger partial charge in [0.2, 0.25) is 12.6 Å². The summed E-state index contributed by atoms with van der Waals surface area (Å²) in [5, 5.41) is 0. The van der Waals surface area contributed by atoms with Gasteiger partial charge >= 0.3 is 41.8 Å². The minimum atomic E-state index is -1.75. The summed E-state index contributed by atoms with van der Waals surface area (Å²) in [4.78, 5) is 85.2. The second kappa shape index (κ2) is 17.1. The van der Waals surface area contributed by atoms with E-state index in [1.807, 2.05) is 0 Å². The van der Waals surface area contributed by atoms with Crippen LogP contribution in [0.4, 0.5) is 0 Å². The first-order valence-corrected chi connectivity index (χ1v) is 15.4. The lowest BCUT2D eigenvalue weighted by molar-refractivity contribution is -0.411. The van der Waals surface area contributed by atoms with E-state index < -0.39 is 116 Å². The molecule has 0 aliphatic carbocycles. The Balaban J connectivity index is 2.04. The highest BCUT2D eigenvalue weighted by atomic mass is 16.8. The Kier molecular flexibility index (Phi) is 13.8. The first-order valence-electron chi connectivity index (χ1n) is 15.4. The maximum absolute atomic E-state index is 12.4. The SMILES string of the molecule is CCOC(=O)CC1(C)OC[C@H]2O[C@H](O[C@H]3O[C@H](COC(C)=O)[C@@H](OC(C)=O)[C@H](OC(C)=O)[C@H]3OC(C)=O)[C@H](OC(C)=O)[C@@H](OC(C)=O)[C@@H]2O1. The van der Waals surface area contributed by atoms with Crippen molar-refractivity contribution in [3.63, 3.8) is 0 Å². The molecule has 19 nitrogen and oxygen atoms in total. The molecule has 3 rings (SSSR count). The zero-order chi connectivity index (χ0) is 36.6. The molecule has 0 radical (unpaired) electrons. The van der Waals surface area contributed by atoms with Crippen LogP contribution in [0.25, 0.3) is 0 Å². The van der Waals surface area contributed by atoms with E-state index in [1.54, 1.807) is 6.92 Å². The van der Waals surface area contributed by atoms with Crippen molar-refractivity contribution in [3.8, 4) is 0 Å². The summed E-state index contributed by atoms with van der Waals surface area (Å²) in [6, 6.07) is 0. The Labute approximate surface area is 281 Å². The van der Waals surface area contributed by atoms with E-state index in [0.29, 0.717) is 0 Å². The third-order valence-electron chi connectivity index (χ3n) is 7.12. The zero-order valence-electron chi connectivity index (χ0n) is 28.4. The molecular formula is C30H42O19. The second-order valence-corrected chi connectivity index (χ2v) is 11.4. The molecule has 0 aromatic rings. The highest BCUT2D eigenvalue weighted by Crippen LogP contribution is 2.39. The van der Waals surface area contributed by atoms with Crippen LogP contribution in [0.1, 0.15) is 61.8 Å². The molecule has 0 aromatic carbocycles. The van der Waals surface area contributed by atoms with E-state index in [1.165, 1.54) is 6.92 Å². The van der Waals surface area contributed by atoms with E-state index in [9.17, 15) is 33.6 Å². The Morgan fingerprint density at radius 1 is 0.633 bits per heavy atom. The van der Waals surface area contributed by atoms with E-state index in [-0.39, 0.29) is 19.6 Å². The van der Waals surface area contributed by atoms with Gasteiger partial charge in [-0.15, -0.1) is 0 Å². The average Bonchev–Trinajstić information content (AvgIpc) is 2.96. The molecule has 0 bridgehead atoms. The van der Waals surface area contributed by atoms with Gasteiger partial charge in [-0.25, -0.2) is 0 Å². The Morgan fingerprint density at radius 2 is 1.12 bits per heavy atom. The number of hydrogen-bond acceptors (Lipinski definition) is 19. The number of carbonyl (C=O) groups is 7. The minimum Gasteiger partial charge on any atom is -0.466 e. The lowest BCUT2D eigenvalue weighted by atomic mass is 9.95. The average molecular weight is 707 g/mol. The lowest BCUT2D eigenvalue weighted by Gasteiger charge is -2.51. The molecule has 0 amide bonds. The van der Waals surface area contributed by atoms with Gasteiger partial charge in [0.1, 0.15) is 24.9 Å². The quantitative estimate of drug-likeness (QED) is 0.188. The Hall–Kier alpha value is -3.91. The molecule has 276 valence electrons. The van der Waals surface area contributed by atoms with Crippen LogP contribution < -0.4 is 0 Å². The largest absolute Gasteiger partial charge is 0.466 e. The van der Waals surface area contributed by atoms with Crippen LogP contribution in [0, 0.1) is 0 Å². The van der Waals surface area contributed by atoms with Crippen molar-refractivity contribution < 1.29 is 90.4 Å². The molecular weight excluding hydrogens is 664 g/mol. The predicted molar refractivity (Wildman–Crippen MR) is 153 cm³/mol. The summed E-state index contributed by atoms with van der Waals surface area (Å²) in [6.45, 7) is 8.83. The first kappa shape index (κ1) is 39.5. The van der Waals surface area contributed by atoms with Crippen LogP contribution in [0.5, 0.6) is 0 Å². The third-order valence-corrected chi connectivity index (χ3v) is 7.12. The summed E-state index contributed by atoms with van der Waals surface area (Å²) >= 11 is 0. The summed E-state index contributed by atoms with van der Waals surface area (Å²) in [5.41, 5.74) is 0. The fourth-order valence-corrected chi connectivity index (χ4v) is 5.48. The predicted octanol–water partition coefficient (Wildman–Crippen LogP) is -0.241. The van der Waals surface area contributed by atoms with Gasteiger partial charge < -0.3 is 56.8 Å². The molecule has 0 saturated carbocycles. The molecule has 3 saturated heterocycles. The van der Waals surface area contributed by atoms with Gasteiger partial charge in [-0.2, -0.15) is 0 Å². The summed E-state index contributed by atoms with van der Waals surface area (Å²) in [5.74, 6) is -7.22. The molecule has 0 N–H and O–H groups in total. The maximum Gasteiger partial charge on any atom is 0.311 e. The van der Waals surface area contributed by atoms with Gasteiger partial charge in [-0.1, -0.05) is 0 Å². The molecule has 3 heterocycles. The summed E-state index contributed by atoms with van der Waals surface area (Å²) in [7, 11) is 0. The van der Waals surface area contributed by atoms with Crippen molar-refractivity contribution in [2.45, 2.75) is 129 Å². The molecule has 19 heteroatoms. The standard InChI is InChI=1S/C30H42O19/c1-9-38-21(37)10-30(8)40-12-20-23(49-30)25(43-16(5)34)27(45-18(7)36)29(47-20)48-28-26(44-17(6)35)24(42-15(4)33)22(41-14(3)32)19(46-28)11-39-13(2)31/h19-20,22-29H,9-12H2,1-8H3/t19-,20-,22-,23-,24+,25+,26-,27-,28-,29-,30?/m1/s1. The van der Waals surface area contributed by atoms with Crippen LogP contribution in [0.2, 0.25) is 0 Å². The topological polar surface area (TPSA) is 230 Å². The molecule has 3 aliphatic heterocycles. The summed E-state index contributed by atoms with van der Waals surface area (Å²) < 4.78 is 67.5. The van der Waals surface area contributed by atoms with Gasteiger partial charge in [-0.3, -0.25) is 33.6 Å². The van der Waals surface area contributed by atoms with E-state index in [4.69, 9.17) is 56.8 Å². The van der Waals surface area contributed by atoms with Crippen molar-refractivity contribution >= 4 is 41.8 Å². The Bertz CT molecular complexity index is 1250. The fraction of sp³-hybridized carbons (Fsp3) is 0.767. The van der Waals surface area contributed by atoms with Crippen molar-refractivity contribution in [1.82, 2.24) is 0 Å². The van der Waals surface area contributed by atoms with Crippen LogP contribution in [0.3, 0.4) is 0 Å². The second-order valence-electron chi connectivity index (χ2n) is 11.4. The molecule has 0 aromatic heterocycles. The molecule has 3 fully saturated rings. The molecule has 11 atom stereocenters. The first-order chi connectivity index (χ1) is 22.9. The molecule has 49 heavy (non-hydrogen) atoms. The van der Waals surface area contributed by atoms with Gasteiger partial charge in [0, 0.05) is 41.5 Å². The normalized spacial score (nSPS) is 33.9. The van der Waals surface area contributed by atoms with Crippen LogP contribution in [0.15, 0.2) is 0 Å². The molecule has 1 unspecified atom stereocenters. The number of fused-ring (bicyclic) bond motifs is 1. The van der Waals surface area contributed by atoms with Gasteiger partial charge in [0.05, 0.1) is 19.6 Å². The monoisotopic (exact) mass is 706 g/mol. The van der Waals surface area contributed by atoms with Crippen LogP contribution >= 0.6 is 0 Å². The number of rotatable bonds is 12. The van der Waals surface area contributed by atoms with Crippen molar-refractivity contribution in [2.75, 3.05) is 19.8 Å². The lowest BCUT2D eigenvalue weighted by Crippen LogP contribution is -2.69. The fourth-order valence-electron chi connectivity index (χ4n) is 5.48. The minimum absolute atomic E-state index is 0.104. The zero-order valence-corrected chi connectivity index (χ0v) is 28.4. The number of esters is 7. The number of carbonyl (C=O) groups excluding carboxylic acids is 7. The number of hydrogen-bond donors (Lipinski definition) is 0. The van der Waals surface area contributed by atoms with Crippen molar-refractivity contribution in [3.05, 3.63) is 0 Å². The number of ether oxygens (including phenoxy) is 12. The van der Waals surface area contributed by atoms with Gasteiger partial charge in [-0.05, 0) is 13.8 Å². The maximum atomic E-state index is 12.4. The van der Waals surface area contributed by atoms with Crippen molar-refractivity contribution in [2.24, 2.45) is 0 Å². The third kappa shape index (κ3) is 11.0. The van der Waals surface area contributed by atoms with Crippen molar-refractivity contribution in [1.29, 1.82) is 0 Å². The van der Waals surface area contributed by atoms with Crippen LogP contribution in [-0.4, -0.2) is 129 Å². The van der Waals surface area contributed by atoms with Crippen LogP contribution in [-0.2, 0) is 90.4 Å². The van der Waals surface area contributed by atoms with Gasteiger partial charge in [0.15, 0.2) is 36.3 Å². The van der Waals surface area contributed by atoms with E-state index >= 15 is 0 Å². The highest BCUT2D eigenvalue weighted by Gasteiger charge is 2.59. The van der Waals surface area contributed by atoms with Gasteiger partial charge in [0.25, 0.3) is 0 Å². The van der Waals surface area contributed by atoms with E-state index in [0.717, 1.165) is 41.5 Å². The van der Waals surface area contributed by atoms with E-state index in [2.05, 4.69) is 0 Å². The molecule has 0 spiro atoms. The Morgan fingerprint density at radius 3 is 1.65 bits per heavy atom. The molecule has 3 aliphatic rings. The summed E-state index contributed by atoms with van der Waals surface area (Å²) in [6.07, 6.45) is -15.1. The highest BCUT2D eigenvalue weighted by molar-refractivity contribution is 5.70.